The van der Waals surface area contributed by atoms with Crippen molar-refractivity contribution in [2.75, 3.05) is 20.1 Å². The number of nitrogens with one attached hydrogen (secondary N) is 1. The molecular weight excluding hydrogens is 292 g/mol. The molecule has 23 heavy (non-hydrogen) atoms. The number of aryl methyl sites for hydroxylation is 1. The number of carbonyl (C=O) groups excluding carboxylic acids is 2. The van der Waals surface area contributed by atoms with Crippen molar-refractivity contribution in [2.24, 2.45) is 18.4 Å². The van der Waals surface area contributed by atoms with E-state index < -0.39 is 0 Å². The fourth-order valence-corrected chi connectivity index (χ4v) is 3.10. The van der Waals surface area contributed by atoms with Crippen LogP contribution in [0, 0.1) is 11.3 Å². The average Bonchev–Trinajstić information content (AvgIpc) is 2.86. The number of likely N-dealkylation sites (tertiary alicyclic amines) is 1. The molecule has 2 heterocycles. The lowest BCUT2D eigenvalue weighted by Gasteiger charge is -2.35. The SMILES string of the molecule is CNC(=O)c1cn(C)nc1CC1CCN(C(=O)C(C)(C)C)CC1. The van der Waals surface area contributed by atoms with Gasteiger partial charge in [0.1, 0.15) is 0 Å². The number of piperidine rings is 1. The van der Waals surface area contributed by atoms with Gasteiger partial charge in [0.2, 0.25) is 5.91 Å². The molecule has 0 spiro atoms. The molecular formula is C17H28N4O2. The summed E-state index contributed by atoms with van der Waals surface area (Å²) in [7, 11) is 3.47. The minimum atomic E-state index is -0.319. The van der Waals surface area contributed by atoms with Crippen molar-refractivity contribution in [3.8, 4) is 0 Å². The highest BCUT2D eigenvalue weighted by Gasteiger charge is 2.31. The van der Waals surface area contributed by atoms with Gasteiger partial charge in [0, 0.05) is 38.8 Å². The number of carbonyl (C=O) groups is 2. The van der Waals surface area contributed by atoms with Crippen LogP contribution >= 0.6 is 0 Å². The Hall–Kier alpha value is -1.85. The lowest BCUT2D eigenvalue weighted by atomic mass is 9.88. The molecule has 0 atom stereocenters. The summed E-state index contributed by atoms with van der Waals surface area (Å²) in [6.45, 7) is 7.48. The molecule has 2 amide bonds. The Morgan fingerprint density at radius 3 is 2.43 bits per heavy atom. The summed E-state index contributed by atoms with van der Waals surface area (Å²) >= 11 is 0. The fraction of sp³-hybridized carbons (Fsp3) is 0.706. The van der Waals surface area contributed by atoms with Crippen LogP contribution in [0.3, 0.4) is 0 Å². The van der Waals surface area contributed by atoms with Gasteiger partial charge in [-0.05, 0) is 25.2 Å². The van der Waals surface area contributed by atoms with Crippen molar-refractivity contribution < 1.29 is 9.59 Å². The summed E-state index contributed by atoms with van der Waals surface area (Å²) in [6, 6.07) is 0. The largest absolute Gasteiger partial charge is 0.355 e. The minimum absolute atomic E-state index is 0.0894. The van der Waals surface area contributed by atoms with Crippen LogP contribution in [-0.2, 0) is 18.3 Å². The Morgan fingerprint density at radius 1 is 1.30 bits per heavy atom. The monoisotopic (exact) mass is 320 g/mol. The van der Waals surface area contributed by atoms with Crippen molar-refractivity contribution in [1.82, 2.24) is 20.0 Å². The number of amides is 2. The van der Waals surface area contributed by atoms with Gasteiger partial charge < -0.3 is 10.2 Å². The lowest BCUT2D eigenvalue weighted by Crippen LogP contribution is -2.44. The molecule has 2 rings (SSSR count). The van der Waals surface area contributed by atoms with E-state index >= 15 is 0 Å². The Kier molecular flexibility index (Phi) is 5.12. The number of hydrogen-bond acceptors (Lipinski definition) is 3. The lowest BCUT2D eigenvalue weighted by molar-refractivity contribution is -0.140. The molecule has 1 aliphatic rings. The zero-order valence-corrected chi connectivity index (χ0v) is 14.8. The van der Waals surface area contributed by atoms with Gasteiger partial charge in [-0.2, -0.15) is 5.10 Å². The van der Waals surface area contributed by atoms with E-state index in [2.05, 4.69) is 10.4 Å². The van der Waals surface area contributed by atoms with E-state index in [-0.39, 0.29) is 17.2 Å². The smallest absolute Gasteiger partial charge is 0.254 e. The van der Waals surface area contributed by atoms with Crippen LogP contribution in [0.15, 0.2) is 6.20 Å². The second-order valence-corrected chi connectivity index (χ2v) is 7.43. The first-order valence-corrected chi connectivity index (χ1v) is 8.26. The molecule has 0 aromatic carbocycles. The van der Waals surface area contributed by atoms with Crippen molar-refractivity contribution in [3.05, 3.63) is 17.5 Å². The second kappa shape index (κ2) is 6.72. The van der Waals surface area contributed by atoms with Crippen molar-refractivity contribution in [2.45, 2.75) is 40.0 Å². The maximum absolute atomic E-state index is 12.3. The summed E-state index contributed by atoms with van der Waals surface area (Å²) in [5.41, 5.74) is 1.19. The molecule has 0 unspecified atom stereocenters. The van der Waals surface area contributed by atoms with Crippen LogP contribution in [-0.4, -0.2) is 46.6 Å². The van der Waals surface area contributed by atoms with Crippen LogP contribution in [0.1, 0.15) is 49.7 Å². The normalized spacial score (nSPS) is 16.5. The van der Waals surface area contributed by atoms with Gasteiger partial charge in [-0.25, -0.2) is 0 Å². The van der Waals surface area contributed by atoms with Crippen molar-refractivity contribution in [3.63, 3.8) is 0 Å². The molecule has 1 aromatic heterocycles. The molecule has 0 aliphatic carbocycles. The van der Waals surface area contributed by atoms with E-state index in [4.69, 9.17) is 0 Å². The molecule has 1 aliphatic heterocycles. The molecule has 1 saturated heterocycles. The average molecular weight is 320 g/mol. The van der Waals surface area contributed by atoms with Gasteiger partial charge in [0.25, 0.3) is 5.91 Å². The van der Waals surface area contributed by atoms with Crippen LogP contribution in [0.4, 0.5) is 0 Å². The maximum Gasteiger partial charge on any atom is 0.254 e. The molecule has 0 radical (unpaired) electrons. The Labute approximate surface area is 138 Å². The Morgan fingerprint density at radius 2 is 1.91 bits per heavy atom. The van der Waals surface area contributed by atoms with Gasteiger partial charge in [0.05, 0.1) is 11.3 Å². The van der Waals surface area contributed by atoms with E-state index in [0.717, 1.165) is 38.0 Å². The van der Waals surface area contributed by atoms with E-state index in [0.29, 0.717) is 11.5 Å². The molecule has 128 valence electrons. The zero-order chi connectivity index (χ0) is 17.2. The molecule has 1 aromatic rings. The first kappa shape index (κ1) is 17.5. The number of nitrogens with zero attached hydrogens (tertiary/aromatic N) is 3. The van der Waals surface area contributed by atoms with Gasteiger partial charge >= 0.3 is 0 Å². The summed E-state index contributed by atoms with van der Waals surface area (Å²) in [5, 5.41) is 7.11. The predicted molar refractivity (Wildman–Crippen MR) is 89.1 cm³/mol. The first-order valence-electron chi connectivity index (χ1n) is 8.26. The quantitative estimate of drug-likeness (QED) is 0.920. The van der Waals surface area contributed by atoms with E-state index in [9.17, 15) is 9.59 Å². The van der Waals surface area contributed by atoms with Crippen LogP contribution in [0.25, 0.3) is 0 Å². The third-order valence-corrected chi connectivity index (χ3v) is 4.40. The van der Waals surface area contributed by atoms with Crippen LogP contribution in [0.2, 0.25) is 0 Å². The number of hydrogen-bond donors (Lipinski definition) is 1. The summed E-state index contributed by atoms with van der Waals surface area (Å²) in [5.74, 6) is 0.602. The molecule has 1 N–H and O–H groups in total. The highest BCUT2D eigenvalue weighted by Crippen LogP contribution is 2.26. The van der Waals surface area contributed by atoms with E-state index in [1.54, 1.807) is 17.9 Å². The summed E-state index contributed by atoms with van der Waals surface area (Å²) < 4.78 is 1.69. The molecule has 6 nitrogen and oxygen atoms in total. The topological polar surface area (TPSA) is 67.2 Å². The van der Waals surface area contributed by atoms with Crippen molar-refractivity contribution >= 4 is 11.8 Å². The third-order valence-electron chi connectivity index (χ3n) is 4.40. The highest BCUT2D eigenvalue weighted by atomic mass is 16.2. The zero-order valence-electron chi connectivity index (χ0n) is 14.8. The predicted octanol–water partition coefficient (Wildman–Crippen LogP) is 1.61. The van der Waals surface area contributed by atoms with E-state index in [1.165, 1.54) is 0 Å². The van der Waals surface area contributed by atoms with Crippen LogP contribution < -0.4 is 5.32 Å². The van der Waals surface area contributed by atoms with Gasteiger partial charge in [-0.15, -0.1) is 0 Å². The number of aromatic nitrogens is 2. The summed E-state index contributed by atoms with van der Waals surface area (Å²) in [6.07, 6.45) is 4.49. The fourth-order valence-electron chi connectivity index (χ4n) is 3.10. The standard InChI is InChI=1S/C17H28N4O2/c1-17(2,3)16(23)21-8-6-12(7-9-21)10-14-13(15(22)18-4)11-20(5)19-14/h11-12H,6-10H2,1-5H3,(H,18,22). The molecule has 6 heteroatoms. The number of rotatable bonds is 3. The third kappa shape index (κ3) is 4.12. The van der Waals surface area contributed by atoms with Crippen LogP contribution in [0.5, 0.6) is 0 Å². The molecule has 0 bridgehead atoms. The second-order valence-electron chi connectivity index (χ2n) is 7.43. The van der Waals surface area contributed by atoms with Crippen molar-refractivity contribution in [1.29, 1.82) is 0 Å². The summed E-state index contributed by atoms with van der Waals surface area (Å²) in [4.78, 5) is 26.2. The minimum Gasteiger partial charge on any atom is -0.355 e. The molecule has 0 saturated carbocycles. The van der Waals surface area contributed by atoms with Gasteiger partial charge in [-0.1, -0.05) is 20.8 Å². The maximum atomic E-state index is 12.3. The first-order chi connectivity index (χ1) is 10.7. The Bertz CT molecular complexity index is 578. The van der Waals surface area contributed by atoms with Gasteiger partial charge in [0.15, 0.2) is 0 Å². The Balaban J connectivity index is 1.97. The van der Waals surface area contributed by atoms with Gasteiger partial charge in [-0.3, -0.25) is 14.3 Å². The van der Waals surface area contributed by atoms with E-state index in [1.807, 2.05) is 32.7 Å². The highest BCUT2D eigenvalue weighted by molar-refractivity contribution is 5.94. The molecule has 1 fully saturated rings.